The number of esters is 4. The summed E-state index contributed by atoms with van der Waals surface area (Å²) in [7, 11) is -9.93. The molecule has 0 radical (unpaired) electrons. The highest BCUT2D eigenvalue weighted by Crippen LogP contribution is 2.45. The number of allylic oxidation sites excluding steroid dienone is 4. The second-order valence-corrected chi connectivity index (χ2v) is 31.3. The number of aliphatic hydroxyl groups is 1. The van der Waals surface area contributed by atoms with E-state index in [0.717, 1.165) is 116 Å². The minimum atomic E-state index is -4.97. The molecule has 19 heteroatoms. The largest absolute Gasteiger partial charge is 0.472 e. The van der Waals surface area contributed by atoms with Crippen molar-refractivity contribution in [3.8, 4) is 0 Å². The van der Waals surface area contributed by atoms with Crippen LogP contribution in [-0.4, -0.2) is 96.7 Å². The van der Waals surface area contributed by atoms with Crippen molar-refractivity contribution in [3.63, 3.8) is 0 Å². The summed E-state index contributed by atoms with van der Waals surface area (Å²) in [4.78, 5) is 73.0. The maximum Gasteiger partial charge on any atom is 0.472 e. The van der Waals surface area contributed by atoms with Crippen LogP contribution >= 0.6 is 15.6 Å². The van der Waals surface area contributed by atoms with Gasteiger partial charge in [0.05, 0.1) is 26.4 Å². The molecule has 0 fully saturated rings. The summed E-state index contributed by atoms with van der Waals surface area (Å²) in [5.74, 6) is -2.14. The van der Waals surface area contributed by atoms with Crippen LogP contribution in [0.5, 0.6) is 0 Å². The van der Waals surface area contributed by atoms with Gasteiger partial charge >= 0.3 is 39.5 Å². The molecule has 0 aliphatic rings. The molecule has 0 aromatic heterocycles. The minimum Gasteiger partial charge on any atom is -0.462 e. The van der Waals surface area contributed by atoms with Gasteiger partial charge in [0.25, 0.3) is 0 Å². The molecule has 0 saturated carbocycles. The van der Waals surface area contributed by atoms with Crippen molar-refractivity contribution >= 4 is 39.5 Å². The normalized spacial score (nSPS) is 13.9. The van der Waals surface area contributed by atoms with Gasteiger partial charge in [-0.2, -0.15) is 0 Å². The molecule has 0 amide bonds. The van der Waals surface area contributed by atoms with Crippen LogP contribution in [0.15, 0.2) is 24.3 Å². The number of rotatable bonds is 80. The zero-order valence-electron chi connectivity index (χ0n) is 64.7. The number of unbranched alkanes of at least 4 members (excludes halogenated alkanes) is 50. The van der Waals surface area contributed by atoms with Crippen LogP contribution < -0.4 is 0 Å². The molecule has 0 bridgehead atoms. The molecule has 5 atom stereocenters. The molecular formula is C81H154O17P2. The number of hydrogen-bond donors (Lipinski definition) is 3. The first-order valence-electron chi connectivity index (χ1n) is 41.6. The third-order valence-corrected chi connectivity index (χ3v) is 20.3. The standard InChI is InChI=1S/C81H154O17P2/c1-5-9-13-17-21-25-29-33-36-37-40-42-46-50-54-58-62-66-79(84)92-72-77(98-81(86)68-64-60-56-52-48-44-39-35-31-27-23-19-15-11-7-3)74-96-100(89,90)94-70-75(82)69-93-99(87,88)95-73-76(71-91-78(83)65-61-57-53-49-45-41-32-28-24-20-16-12-8-4)97-80(85)67-63-59-55-51-47-43-38-34-30-26-22-18-14-10-6-2/h34-35,38-39,75-77,82H,5-33,36-37,40-74H2,1-4H3,(H,87,88)(H,89,90)/b38-34-,39-35-/t75-,76-,77-/m1/s1. The van der Waals surface area contributed by atoms with Crippen molar-refractivity contribution in [2.45, 2.75) is 431 Å². The number of carbonyl (C=O) groups is 4. The quantitative estimate of drug-likeness (QED) is 0.0169. The van der Waals surface area contributed by atoms with Gasteiger partial charge in [0.2, 0.25) is 0 Å². The molecule has 3 N–H and O–H groups in total. The predicted molar refractivity (Wildman–Crippen MR) is 409 cm³/mol. The number of ether oxygens (including phenoxy) is 4. The summed E-state index contributed by atoms with van der Waals surface area (Å²) < 4.78 is 68.7. The Morgan fingerprint density at radius 3 is 0.690 bits per heavy atom. The highest BCUT2D eigenvalue weighted by molar-refractivity contribution is 7.47. The molecule has 590 valence electrons. The van der Waals surface area contributed by atoms with Crippen molar-refractivity contribution in [1.29, 1.82) is 0 Å². The van der Waals surface area contributed by atoms with Gasteiger partial charge in [-0.15, -0.1) is 0 Å². The van der Waals surface area contributed by atoms with E-state index < -0.39 is 97.5 Å². The van der Waals surface area contributed by atoms with Crippen molar-refractivity contribution in [2.24, 2.45) is 0 Å². The number of hydrogen-bond acceptors (Lipinski definition) is 15. The van der Waals surface area contributed by atoms with Crippen LogP contribution in [0.4, 0.5) is 0 Å². The van der Waals surface area contributed by atoms with E-state index in [0.29, 0.717) is 25.7 Å². The van der Waals surface area contributed by atoms with E-state index in [1.54, 1.807) is 0 Å². The van der Waals surface area contributed by atoms with Crippen LogP contribution in [0, 0.1) is 0 Å². The second kappa shape index (κ2) is 74.8. The maximum atomic E-state index is 13.1. The smallest absolute Gasteiger partial charge is 0.462 e. The zero-order chi connectivity index (χ0) is 73.2. The lowest BCUT2D eigenvalue weighted by Crippen LogP contribution is -2.30. The maximum absolute atomic E-state index is 13.1. The highest BCUT2D eigenvalue weighted by atomic mass is 31.2. The van der Waals surface area contributed by atoms with Gasteiger partial charge in [0.1, 0.15) is 19.3 Å². The highest BCUT2D eigenvalue weighted by Gasteiger charge is 2.30. The Hall–Kier alpha value is -2.46. The number of aliphatic hydroxyl groups excluding tert-OH is 1. The molecule has 0 rings (SSSR count). The number of carbonyl (C=O) groups excluding carboxylic acids is 4. The molecule has 100 heavy (non-hydrogen) atoms. The Kier molecular flexibility index (Phi) is 73.0. The van der Waals surface area contributed by atoms with Gasteiger partial charge in [0.15, 0.2) is 12.2 Å². The van der Waals surface area contributed by atoms with Gasteiger partial charge in [-0.1, -0.05) is 335 Å². The van der Waals surface area contributed by atoms with Gasteiger partial charge < -0.3 is 33.8 Å². The number of phosphoric ester groups is 2. The molecule has 0 aromatic carbocycles. The Morgan fingerprint density at radius 1 is 0.270 bits per heavy atom. The lowest BCUT2D eigenvalue weighted by molar-refractivity contribution is -0.161. The van der Waals surface area contributed by atoms with Gasteiger partial charge in [0, 0.05) is 25.7 Å². The summed E-state index contributed by atoms with van der Waals surface area (Å²) in [6.45, 7) is 4.97. The minimum absolute atomic E-state index is 0.0938. The van der Waals surface area contributed by atoms with E-state index in [9.17, 15) is 43.2 Å². The molecular weight excluding hydrogens is 1310 g/mol. The summed E-state index contributed by atoms with van der Waals surface area (Å²) >= 11 is 0. The van der Waals surface area contributed by atoms with E-state index >= 15 is 0 Å². The molecule has 2 unspecified atom stereocenters. The first-order chi connectivity index (χ1) is 48.7. The first-order valence-corrected chi connectivity index (χ1v) is 44.6. The predicted octanol–water partition coefficient (Wildman–Crippen LogP) is 24.1. The van der Waals surface area contributed by atoms with E-state index in [2.05, 4.69) is 52.0 Å². The topological polar surface area (TPSA) is 237 Å². The Labute approximate surface area is 612 Å². The van der Waals surface area contributed by atoms with Crippen molar-refractivity contribution in [2.75, 3.05) is 39.6 Å². The first kappa shape index (κ1) is 97.5. The lowest BCUT2D eigenvalue weighted by Gasteiger charge is -2.21. The fraction of sp³-hybridized carbons (Fsp3) is 0.901. The summed E-state index contributed by atoms with van der Waals surface area (Å²) in [5, 5.41) is 10.6. The average Bonchev–Trinajstić information content (AvgIpc) is 1.10. The van der Waals surface area contributed by atoms with Crippen molar-refractivity contribution < 1.29 is 80.2 Å². The zero-order valence-corrected chi connectivity index (χ0v) is 66.5. The van der Waals surface area contributed by atoms with Gasteiger partial charge in [-0.05, 0) is 77.0 Å². The lowest BCUT2D eigenvalue weighted by atomic mass is 10.0. The van der Waals surface area contributed by atoms with Gasteiger partial charge in [-0.3, -0.25) is 37.3 Å². The van der Waals surface area contributed by atoms with Crippen LogP contribution in [-0.2, 0) is 65.4 Å². The fourth-order valence-corrected chi connectivity index (χ4v) is 13.6. The van der Waals surface area contributed by atoms with E-state index in [1.807, 2.05) is 0 Å². The van der Waals surface area contributed by atoms with E-state index in [-0.39, 0.29) is 25.7 Å². The van der Waals surface area contributed by atoms with Crippen LogP contribution in [0.25, 0.3) is 0 Å². The molecule has 0 aliphatic carbocycles. The molecule has 0 spiro atoms. The van der Waals surface area contributed by atoms with Crippen LogP contribution in [0.1, 0.15) is 413 Å². The second-order valence-electron chi connectivity index (χ2n) is 28.4. The average molecular weight is 1460 g/mol. The van der Waals surface area contributed by atoms with Crippen molar-refractivity contribution in [3.05, 3.63) is 24.3 Å². The van der Waals surface area contributed by atoms with E-state index in [4.69, 9.17) is 37.0 Å². The van der Waals surface area contributed by atoms with E-state index in [1.165, 1.54) is 218 Å². The molecule has 17 nitrogen and oxygen atoms in total. The Balaban J connectivity index is 5.30. The third-order valence-electron chi connectivity index (χ3n) is 18.4. The molecule has 0 aliphatic heterocycles. The van der Waals surface area contributed by atoms with Gasteiger partial charge in [-0.25, -0.2) is 9.13 Å². The molecule has 0 heterocycles. The molecule has 0 aromatic rings. The third kappa shape index (κ3) is 73.8. The summed E-state index contributed by atoms with van der Waals surface area (Å²) in [6, 6.07) is 0. The Bertz CT molecular complexity index is 1990. The monoisotopic (exact) mass is 1460 g/mol. The number of phosphoric acid groups is 2. The van der Waals surface area contributed by atoms with Crippen molar-refractivity contribution in [1.82, 2.24) is 0 Å². The fourth-order valence-electron chi connectivity index (χ4n) is 12.0. The van der Waals surface area contributed by atoms with Crippen LogP contribution in [0.3, 0.4) is 0 Å². The summed E-state index contributed by atoms with van der Waals surface area (Å²) in [6.07, 6.45) is 70.0. The SMILES string of the molecule is CCCCCCCC/C=C\CCCCCCCC(=O)O[C@H](COC(=O)CCCCCCCCCCCCCCC)COP(=O)(O)OC[C@@H](O)COP(=O)(O)OC[C@@H](COC(=O)CCCCCCCCCCCCCCCCCCC)OC(=O)CCCCCCC/C=C\CCCCCCCC. The Morgan fingerprint density at radius 2 is 0.460 bits per heavy atom. The summed E-state index contributed by atoms with van der Waals surface area (Å²) in [5.41, 5.74) is 0. The molecule has 0 saturated heterocycles. The van der Waals surface area contributed by atoms with Crippen LogP contribution in [0.2, 0.25) is 0 Å².